The lowest BCUT2D eigenvalue weighted by molar-refractivity contribution is -0.116. The average Bonchev–Trinajstić information content (AvgIpc) is 3.01. The third-order valence-corrected chi connectivity index (χ3v) is 4.97. The highest BCUT2D eigenvalue weighted by Crippen LogP contribution is 2.61. The predicted molar refractivity (Wildman–Crippen MR) is 62.9 cm³/mol. The van der Waals surface area contributed by atoms with E-state index in [-0.39, 0.29) is 11.8 Å². The maximum atomic E-state index is 10.9. The molecule has 2 heteroatoms. The lowest BCUT2D eigenvalue weighted by atomic mass is 9.73. The van der Waals surface area contributed by atoms with Crippen LogP contribution in [0.1, 0.15) is 39.5 Å². The topological polar surface area (TPSA) is 34.1 Å². The van der Waals surface area contributed by atoms with Crippen molar-refractivity contribution in [2.75, 3.05) is 0 Å². The zero-order valence-electron chi connectivity index (χ0n) is 10.3. The molecule has 0 saturated heterocycles. The van der Waals surface area contributed by atoms with Gasteiger partial charge >= 0.3 is 0 Å². The summed E-state index contributed by atoms with van der Waals surface area (Å²) >= 11 is 0. The SMILES string of the molecule is CC.O=CC1CC2CC1C1C(C=O)CCC21. The largest absolute Gasteiger partial charge is 0.303 e. The van der Waals surface area contributed by atoms with Gasteiger partial charge in [0.1, 0.15) is 12.6 Å². The van der Waals surface area contributed by atoms with Crippen LogP contribution in [0.15, 0.2) is 0 Å². The monoisotopic (exact) mass is 222 g/mol. The van der Waals surface area contributed by atoms with Gasteiger partial charge in [-0.3, -0.25) is 0 Å². The molecule has 3 fully saturated rings. The molecule has 90 valence electrons. The van der Waals surface area contributed by atoms with E-state index in [0.29, 0.717) is 11.8 Å². The van der Waals surface area contributed by atoms with Gasteiger partial charge < -0.3 is 9.59 Å². The minimum Gasteiger partial charge on any atom is -0.303 e. The summed E-state index contributed by atoms with van der Waals surface area (Å²) in [5.74, 6) is 3.23. The van der Waals surface area contributed by atoms with Gasteiger partial charge in [-0.1, -0.05) is 13.8 Å². The Bertz CT molecular complexity index is 274. The maximum Gasteiger partial charge on any atom is 0.123 e. The summed E-state index contributed by atoms with van der Waals surface area (Å²) in [6.45, 7) is 4.00. The van der Waals surface area contributed by atoms with Gasteiger partial charge in [-0.25, -0.2) is 0 Å². The third kappa shape index (κ3) is 1.54. The molecule has 0 amide bonds. The average molecular weight is 222 g/mol. The van der Waals surface area contributed by atoms with E-state index in [9.17, 15) is 9.59 Å². The highest BCUT2D eigenvalue weighted by atomic mass is 16.1. The van der Waals surface area contributed by atoms with Crippen molar-refractivity contribution in [3.63, 3.8) is 0 Å². The summed E-state index contributed by atoms with van der Waals surface area (Å²) in [4.78, 5) is 21.8. The van der Waals surface area contributed by atoms with Crippen molar-refractivity contribution in [2.45, 2.75) is 39.5 Å². The number of carbonyl (C=O) groups excluding carboxylic acids is 2. The van der Waals surface area contributed by atoms with Gasteiger partial charge in [0.25, 0.3) is 0 Å². The molecule has 3 rings (SSSR count). The lowest BCUT2D eigenvalue weighted by Crippen LogP contribution is -2.29. The fraction of sp³-hybridized carbons (Fsp3) is 0.857. The molecule has 0 aromatic carbocycles. The molecule has 16 heavy (non-hydrogen) atoms. The molecular formula is C14H22O2. The first-order valence-corrected chi connectivity index (χ1v) is 6.75. The Kier molecular flexibility index (Phi) is 3.46. The van der Waals surface area contributed by atoms with Crippen LogP contribution in [0.2, 0.25) is 0 Å². The van der Waals surface area contributed by atoms with Crippen LogP contribution >= 0.6 is 0 Å². The summed E-state index contributed by atoms with van der Waals surface area (Å²) in [6, 6.07) is 0. The van der Waals surface area contributed by atoms with Crippen molar-refractivity contribution in [3.05, 3.63) is 0 Å². The Morgan fingerprint density at radius 3 is 2.19 bits per heavy atom. The van der Waals surface area contributed by atoms with E-state index in [0.717, 1.165) is 37.2 Å². The van der Waals surface area contributed by atoms with Gasteiger partial charge in [0.15, 0.2) is 0 Å². The van der Waals surface area contributed by atoms with Crippen LogP contribution in [0.5, 0.6) is 0 Å². The van der Waals surface area contributed by atoms with Crippen LogP contribution in [-0.2, 0) is 9.59 Å². The summed E-state index contributed by atoms with van der Waals surface area (Å²) in [6.07, 6.45) is 6.94. The first-order valence-electron chi connectivity index (χ1n) is 6.75. The Hall–Kier alpha value is -0.660. The van der Waals surface area contributed by atoms with Gasteiger partial charge in [0.05, 0.1) is 0 Å². The molecule has 0 aromatic heterocycles. The molecule has 6 unspecified atom stereocenters. The lowest BCUT2D eigenvalue weighted by Gasteiger charge is -2.30. The molecule has 0 radical (unpaired) electrons. The fourth-order valence-corrected chi connectivity index (χ4v) is 4.52. The molecular weight excluding hydrogens is 200 g/mol. The minimum absolute atomic E-state index is 0.276. The zero-order valence-corrected chi connectivity index (χ0v) is 10.3. The van der Waals surface area contributed by atoms with E-state index in [2.05, 4.69) is 0 Å². The van der Waals surface area contributed by atoms with Gasteiger partial charge in [0.2, 0.25) is 0 Å². The summed E-state index contributed by atoms with van der Waals surface area (Å²) < 4.78 is 0. The molecule has 0 N–H and O–H groups in total. The van der Waals surface area contributed by atoms with E-state index in [4.69, 9.17) is 0 Å². The summed E-state index contributed by atoms with van der Waals surface area (Å²) in [5.41, 5.74) is 0. The second kappa shape index (κ2) is 4.68. The highest BCUT2D eigenvalue weighted by molar-refractivity contribution is 5.58. The van der Waals surface area contributed by atoms with E-state index >= 15 is 0 Å². The van der Waals surface area contributed by atoms with E-state index in [1.165, 1.54) is 12.8 Å². The van der Waals surface area contributed by atoms with Crippen molar-refractivity contribution in [1.29, 1.82) is 0 Å². The van der Waals surface area contributed by atoms with Crippen molar-refractivity contribution in [1.82, 2.24) is 0 Å². The molecule has 3 aliphatic carbocycles. The van der Waals surface area contributed by atoms with Crippen molar-refractivity contribution >= 4 is 12.6 Å². The van der Waals surface area contributed by atoms with Crippen LogP contribution in [0, 0.1) is 35.5 Å². The molecule has 0 aliphatic heterocycles. The van der Waals surface area contributed by atoms with E-state index in [1.807, 2.05) is 13.8 Å². The summed E-state index contributed by atoms with van der Waals surface area (Å²) in [7, 11) is 0. The number of carbonyl (C=O) groups is 2. The predicted octanol–water partition coefficient (Wildman–Crippen LogP) is 2.71. The Labute approximate surface area is 97.8 Å². The summed E-state index contributed by atoms with van der Waals surface area (Å²) in [5, 5.41) is 0. The number of hydrogen-bond acceptors (Lipinski definition) is 2. The number of fused-ring (bicyclic) bond motifs is 5. The number of hydrogen-bond donors (Lipinski definition) is 0. The minimum atomic E-state index is 0.276. The molecule has 6 atom stereocenters. The normalized spacial score (nSPS) is 48.1. The maximum absolute atomic E-state index is 10.9. The van der Waals surface area contributed by atoms with Crippen LogP contribution < -0.4 is 0 Å². The van der Waals surface area contributed by atoms with E-state index in [1.54, 1.807) is 0 Å². The molecule has 2 bridgehead atoms. The third-order valence-electron chi connectivity index (χ3n) is 4.97. The van der Waals surface area contributed by atoms with Crippen molar-refractivity contribution < 1.29 is 9.59 Å². The van der Waals surface area contributed by atoms with Crippen molar-refractivity contribution in [2.24, 2.45) is 35.5 Å². The quantitative estimate of drug-likeness (QED) is 0.673. The van der Waals surface area contributed by atoms with E-state index < -0.39 is 0 Å². The molecule has 2 nitrogen and oxygen atoms in total. The fourth-order valence-electron chi connectivity index (χ4n) is 4.52. The number of rotatable bonds is 2. The van der Waals surface area contributed by atoms with Gasteiger partial charge in [-0.05, 0) is 49.4 Å². The molecule has 3 aliphatic rings. The van der Waals surface area contributed by atoms with Crippen molar-refractivity contribution in [3.8, 4) is 0 Å². The van der Waals surface area contributed by atoms with Crippen LogP contribution in [0.25, 0.3) is 0 Å². The highest BCUT2D eigenvalue weighted by Gasteiger charge is 2.56. The molecule has 0 aromatic rings. The first-order chi connectivity index (χ1) is 7.85. The smallest absolute Gasteiger partial charge is 0.123 e. The van der Waals surface area contributed by atoms with Gasteiger partial charge in [0, 0.05) is 11.8 Å². The van der Waals surface area contributed by atoms with Crippen LogP contribution in [0.3, 0.4) is 0 Å². The van der Waals surface area contributed by atoms with Gasteiger partial charge in [-0.15, -0.1) is 0 Å². The second-order valence-corrected chi connectivity index (χ2v) is 5.31. The second-order valence-electron chi connectivity index (χ2n) is 5.31. The standard InChI is InChI=1S/C12H16O2.C2H6/c13-5-7-1-2-10-8-3-9(6-14)11(4-8)12(7)10;1-2/h5-12H,1-4H2;1-2H3. The molecule has 0 heterocycles. The Balaban J connectivity index is 0.000000457. The Morgan fingerprint density at radius 1 is 0.875 bits per heavy atom. The van der Waals surface area contributed by atoms with Crippen LogP contribution in [0.4, 0.5) is 0 Å². The van der Waals surface area contributed by atoms with Gasteiger partial charge in [-0.2, -0.15) is 0 Å². The molecule has 0 spiro atoms. The Morgan fingerprint density at radius 2 is 1.56 bits per heavy atom. The molecule has 3 saturated carbocycles. The van der Waals surface area contributed by atoms with Crippen LogP contribution in [-0.4, -0.2) is 12.6 Å². The zero-order chi connectivity index (χ0) is 11.7. The first kappa shape index (κ1) is 11.8. The number of aldehydes is 2.